The van der Waals surface area contributed by atoms with E-state index in [1.54, 1.807) is 0 Å². The van der Waals surface area contributed by atoms with E-state index in [-0.39, 0.29) is 5.60 Å². The highest BCUT2D eigenvalue weighted by Crippen LogP contribution is 2.39. The summed E-state index contributed by atoms with van der Waals surface area (Å²) in [6.45, 7) is 8.09. The molecule has 19 heavy (non-hydrogen) atoms. The molecule has 3 nitrogen and oxygen atoms in total. The normalized spacial score (nSPS) is 26.2. The Bertz CT molecular complexity index is 240. The number of ether oxygens (including phenoxy) is 2. The van der Waals surface area contributed by atoms with Gasteiger partial charge in [0, 0.05) is 25.9 Å². The largest absolute Gasteiger partial charge is 0.381 e. The van der Waals surface area contributed by atoms with Crippen molar-refractivity contribution in [3.05, 3.63) is 0 Å². The Labute approximate surface area is 118 Å². The first-order valence-corrected chi connectivity index (χ1v) is 8.27. The number of rotatable bonds is 6. The van der Waals surface area contributed by atoms with Crippen molar-refractivity contribution in [3.63, 3.8) is 0 Å². The predicted molar refractivity (Wildman–Crippen MR) is 78.4 cm³/mol. The lowest BCUT2D eigenvalue weighted by molar-refractivity contribution is -0.111. The fourth-order valence-corrected chi connectivity index (χ4v) is 4.03. The van der Waals surface area contributed by atoms with Crippen LogP contribution in [0.5, 0.6) is 0 Å². The van der Waals surface area contributed by atoms with E-state index in [1.165, 1.54) is 44.9 Å². The zero-order valence-electron chi connectivity index (χ0n) is 12.7. The van der Waals surface area contributed by atoms with Crippen molar-refractivity contribution >= 4 is 0 Å². The van der Waals surface area contributed by atoms with Gasteiger partial charge in [-0.15, -0.1) is 0 Å². The minimum absolute atomic E-state index is 0.0883. The van der Waals surface area contributed by atoms with Crippen LogP contribution in [0.4, 0.5) is 0 Å². The predicted octanol–water partition coefficient (Wildman–Crippen LogP) is 3.13. The summed E-state index contributed by atoms with van der Waals surface area (Å²) in [5, 5.41) is 3.77. The van der Waals surface area contributed by atoms with Gasteiger partial charge in [-0.3, -0.25) is 0 Å². The second kappa shape index (κ2) is 7.61. The highest BCUT2D eigenvalue weighted by Gasteiger charge is 2.44. The average molecular weight is 269 g/mol. The molecular formula is C16H31NO2. The van der Waals surface area contributed by atoms with E-state index >= 15 is 0 Å². The van der Waals surface area contributed by atoms with Crippen molar-refractivity contribution < 1.29 is 9.47 Å². The Morgan fingerprint density at radius 1 is 1.16 bits per heavy atom. The molecule has 1 N–H and O–H groups in total. The van der Waals surface area contributed by atoms with E-state index in [4.69, 9.17) is 9.47 Å². The summed E-state index contributed by atoms with van der Waals surface area (Å²) in [7, 11) is 0. The summed E-state index contributed by atoms with van der Waals surface area (Å²) in [4.78, 5) is 0. The molecule has 2 fully saturated rings. The van der Waals surface area contributed by atoms with Gasteiger partial charge in [0.25, 0.3) is 0 Å². The maximum atomic E-state index is 6.34. The van der Waals surface area contributed by atoms with E-state index in [0.717, 1.165) is 32.3 Å². The monoisotopic (exact) mass is 269 g/mol. The molecule has 2 aliphatic rings. The van der Waals surface area contributed by atoms with Crippen LogP contribution in [0.2, 0.25) is 0 Å². The summed E-state index contributed by atoms with van der Waals surface area (Å²) >= 11 is 0. The standard InChI is InChI=1S/C16H31NO2/c1-3-17-15(14-8-12-18-13-9-14)16(19-4-2)10-6-5-7-11-16/h14-15,17H,3-13H2,1-2H3. The Balaban J connectivity index is 2.12. The number of hydrogen-bond acceptors (Lipinski definition) is 3. The number of nitrogens with one attached hydrogen (secondary N) is 1. The Morgan fingerprint density at radius 2 is 1.84 bits per heavy atom. The van der Waals surface area contributed by atoms with Crippen LogP contribution in [0.15, 0.2) is 0 Å². The molecule has 0 spiro atoms. The van der Waals surface area contributed by atoms with Gasteiger partial charge in [0.05, 0.1) is 5.60 Å². The van der Waals surface area contributed by atoms with Gasteiger partial charge >= 0.3 is 0 Å². The third-order valence-electron chi connectivity index (χ3n) is 4.86. The van der Waals surface area contributed by atoms with E-state index in [0.29, 0.717) is 6.04 Å². The molecule has 0 amide bonds. The second-order valence-corrected chi connectivity index (χ2v) is 6.04. The molecule has 0 aromatic rings. The molecule has 1 heterocycles. The molecule has 2 rings (SSSR count). The smallest absolute Gasteiger partial charge is 0.0837 e. The van der Waals surface area contributed by atoms with Crippen molar-refractivity contribution in [1.29, 1.82) is 0 Å². The van der Waals surface area contributed by atoms with E-state index in [1.807, 2.05) is 0 Å². The van der Waals surface area contributed by atoms with Crippen LogP contribution < -0.4 is 5.32 Å². The highest BCUT2D eigenvalue weighted by molar-refractivity contribution is 4.99. The van der Waals surface area contributed by atoms with Crippen molar-refractivity contribution in [3.8, 4) is 0 Å². The molecular weight excluding hydrogens is 238 g/mol. The molecule has 112 valence electrons. The maximum absolute atomic E-state index is 6.34. The van der Waals surface area contributed by atoms with Crippen LogP contribution in [0.1, 0.15) is 58.8 Å². The molecule has 3 heteroatoms. The zero-order chi connectivity index (χ0) is 13.6. The first-order valence-electron chi connectivity index (χ1n) is 8.27. The van der Waals surface area contributed by atoms with Crippen LogP contribution >= 0.6 is 0 Å². The summed E-state index contributed by atoms with van der Waals surface area (Å²) in [6, 6.07) is 0.515. The maximum Gasteiger partial charge on any atom is 0.0837 e. The third-order valence-corrected chi connectivity index (χ3v) is 4.86. The minimum Gasteiger partial charge on any atom is -0.381 e. The van der Waals surface area contributed by atoms with Gasteiger partial charge in [-0.05, 0) is 45.1 Å². The molecule has 1 unspecified atom stereocenters. The fourth-order valence-electron chi connectivity index (χ4n) is 4.03. The van der Waals surface area contributed by atoms with Gasteiger partial charge in [-0.2, -0.15) is 0 Å². The highest BCUT2D eigenvalue weighted by atomic mass is 16.5. The zero-order valence-corrected chi connectivity index (χ0v) is 12.7. The summed E-state index contributed by atoms with van der Waals surface area (Å²) in [5.41, 5.74) is 0.0883. The molecule has 1 saturated carbocycles. The summed E-state index contributed by atoms with van der Waals surface area (Å²) in [5.74, 6) is 0.721. The van der Waals surface area contributed by atoms with Gasteiger partial charge in [0.15, 0.2) is 0 Å². The lowest BCUT2D eigenvalue weighted by Gasteiger charge is -2.47. The van der Waals surface area contributed by atoms with Crippen molar-refractivity contribution in [2.75, 3.05) is 26.4 Å². The molecule has 0 aromatic carbocycles. The SMILES string of the molecule is CCNC(C1CCOCC1)C1(OCC)CCCCC1. The van der Waals surface area contributed by atoms with Crippen molar-refractivity contribution in [2.45, 2.75) is 70.4 Å². The van der Waals surface area contributed by atoms with Gasteiger partial charge in [-0.25, -0.2) is 0 Å². The summed E-state index contributed by atoms with van der Waals surface area (Å²) in [6.07, 6.45) is 8.86. The van der Waals surface area contributed by atoms with E-state index in [2.05, 4.69) is 19.2 Å². The Kier molecular flexibility index (Phi) is 6.11. The van der Waals surface area contributed by atoms with Crippen LogP contribution in [0.25, 0.3) is 0 Å². The molecule has 0 aromatic heterocycles. The van der Waals surface area contributed by atoms with Gasteiger partial charge in [-0.1, -0.05) is 26.2 Å². The first-order chi connectivity index (χ1) is 9.32. The van der Waals surface area contributed by atoms with Crippen LogP contribution in [0.3, 0.4) is 0 Å². The molecule has 0 radical (unpaired) electrons. The lowest BCUT2D eigenvalue weighted by atomic mass is 9.72. The van der Waals surface area contributed by atoms with Crippen LogP contribution in [-0.4, -0.2) is 38.0 Å². The molecule has 0 bridgehead atoms. The van der Waals surface area contributed by atoms with Gasteiger partial charge < -0.3 is 14.8 Å². The number of hydrogen-bond donors (Lipinski definition) is 1. The van der Waals surface area contributed by atoms with Crippen LogP contribution in [0, 0.1) is 5.92 Å². The Hall–Kier alpha value is -0.120. The minimum atomic E-state index is 0.0883. The van der Waals surface area contributed by atoms with Gasteiger partial charge in [0.1, 0.15) is 0 Å². The summed E-state index contributed by atoms with van der Waals surface area (Å²) < 4.78 is 11.9. The third kappa shape index (κ3) is 3.71. The lowest BCUT2D eigenvalue weighted by Crippen LogP contribution is -2.58. The number of likely N-dealkylation sites (N-methyl/N-ethyl adjacent to an activating group) is 1. The Morgan fingerprint density at radius 3 is 2.42 bits per heavy atom. The molecule has 1 saturated heterocycles. The molecule has 1 aliphatic carbocycles. The van der Waals surface area contributed by atoms with Crippen molar-refractivity contribution in [2.24, 2.45) is 5.92 Å². The van der Waals surface area contributed by atoms with Crippen molar-refractivity contribution in [1.82, 2.24) is 5.32 Å². The molecule has 1 aliphatic heterocycles. The van der Waals surface area contributed by atoms with Gasteiger partial charge in [0.2, 0.25) is 0 Å². The first kappa shape index (κ1) is 15.3. The second-order valence-electron chi connectivity index (χ2n) is 6.04. The fraction of sp³-hybridized carbons (Fsp3) is 1.00. The average Bonchev–Trinajstić information content (AvgIpc) is 2.47. The van der Waals surface area contributed by atoms with E-state index < -0.39 is 0 Å². The van der Waals surface area contributed by atoms with Crippen LogP contribution in [-0.2, 0) is 9.47 Å². The quantitative estimate of drug-likeness (QED) is 0.803. The molecule has 1 atom stereocenters. The topological polar surface area (TPSA) is 30.5 Å². The van der Waals surface area contributed by atoms with E-state index in [9.17, 15) is 0 Å².